The molecule has 0 aromatic heterocycles. The van der Waals surface area contributed by atoms with Crippen LogP contribution in [0.3, 0.4) is 0 Å². The van der Waals surface area contributed by atoms with Gasteiger partial charge in [0.05, 0.1) is 0 Å². The van der Waals surface area contributed by atoms with Crippen LogP contribution in [0.5, 0.6) is 0 Å². The average Bonchev–Trinajstić information content (AvgIpc) is 1.87. The molecule has 0 heterocycles. The molecule has 0 amide bonds. The normalized spacial score (nSPS) is 13.7. The minimum atomic E-state index is -1.20. The highest BCUT2D eigenvalue weighted by Crippen LogP contribution is 2.37. The third kappa shape index (κ3) is 4.95. The first-order valence-corrected chi connectivity index (χ1v) is 4.88. The van der Waals surface area contributed by atoms with Crippen molar-refractivity contribution < 1.29 is 0 Å². The molecule has 0 spiro atoms. The second-order valence-electron chi connectivity index (χ2n) is 2.42. The zero-order valence-corrected chi connectivity index (χ0v) is 9.10. The molecule has 0 unspecified atom stereocenters. The molecule has 0 saturated carbocycles. The molecular weight excluding hydrogens is 202 g/mol. The van der Waals surface area contributed by atoms with Gasteiger partial charge in [0.15, 0.2) is 0 Å². The monoisotopic (exact) mass is 214 g/mol. The van der Waals surface area contributed by atoms with Crippen molar-refractivity contribution in [1.82, 2.24) is 0 Å². The van der Waals surface area contributed by atoms with Crippen molar-refractivity contribution in [2.24, 2.45) is 0 Å². The van der Waals surface area contributed by atoms with Crippen LogP contribution < -0.4 is 0 Å². The number of hydrogen-bond donors (Lipinski definition) is 0. The first kappa shape index (κ1) is 11.6. The largest absolute Gasteiger partial charge is 0.212 e. The molecule has 0 bridgehead atoms. The second-order valence-corrected chi connectivity index (χ2v) is 4.70. The van der Waals surface area contributed by atoms with Gasteiger partial charge >= 0.3 is 0 Å². The van der Waals surface area contributed by atoms with Crippen LogP contribution in [0.2, 0.25) is 0 Å². The average molecular weight is 216 g/mol. The molecular formula is C8H13Cl3. The number of halogens is 3. The number of alkyl halides is 3. The lowest BCUT2D eigenvalue weighted by molar-refractivity contribution is 0.776. The fourth-order valence-corrected chi connectivity index (χ4v) is 1.43. The van der Waals surface area contributed by atoms with Gasteiger partial charge in [-0.15, -0.1) is 0 Å². The highest BCUT2D eigenvalue weighted by molar-refractivity contribution is 6.69. The van der Waals surface area contributed by atoms with Gasteiger partial charge in [0.25, 0.3) is 0 Å². The molecule has 11 heavy (non-hydrogen) atoms. The molecule has 0 N–H and O–H groups in total. The molecule has 0 nitrogen and oxygen atoms in total. The summed E-state index contributed by atoms with van der Waals surface area (Å²) in [7, 11) is 0. The van der Waals surface area contributed by atoms with Crippen molar-refractivity contribution in [2.75, 3.05) is 0 Å². The smallest absolute Gasteiger partial charge is 0.0842 e. The fraction of sp³-hybridized carbons (Fsp3) is 0.750. The summed E-state index contributed by atoms with van der Waals surface area (Å²) in [4.78, 5) is 0. The third-order valence-corrected chi connectivity index (χ3v) is 2.24. The van der Waals surface area contributed by atoms with Crippen molar-refractivity contribution in [2.45, 2.75) is 36.9 Å². The maximum Gasteiger partial charge on any atom is 0.212 e. The molecule has 0 fully saturated rings. The van der Waals surface area contributed by atoms with Crippen molar-refractivity contribution in [3.63, 3.8) is 0 Å². The van der Waals surface area contributed by atoms with Gasteiger partial charge in [-0.3, -0.25) is 0 Å². The first-order valence-electron chi connectivity index (χ1n) is 3.74. The molecule has 0 aromatic carbocycles. The van der Waals surface area contributed by atoms with Gasteiger partial charge in [0, 0.05) is 0 Å². The Hall–Kier alpha value is 0.610. The summed E-state index contributed by atoms with van der Waals surface area (Å²) in [6.07, 6.45) is 4.96. The van der Waals surface area contributed by atoms with Crippen molar-refractivity contribution in [3.05, 3.63) is 11.6 Å². The van der Waals surface area contributed by atoms with E-state index in [9.17, 15) is 0 Å². The summed E-state index contributed by atoms with van der Waals surface area (Å²) in [6.45, 7) is 4.01. The maximum absolute atomic E-state index is 5.70. The molecule has 0 radical (unpaired) electrons. The summed E-state index contributed by atoms with van der Waals surface area (Å²) >= 11 is 17.1. The lowest BCUT2D eigenvalue weighted by Crippen LogP contribution is -2.06. The van der Waals surface area contributed by atoms with E-state index in [1.165, 1.54) is 0 Å². The lowest BCUT2D eigenvalue weighted by atomic mass is 10.1. The molecule has 3 heteroatoms. The Labute approximate surface area is 83.5 Å². The van der Waals surface area contributed by atoms with E-state index in [1.807, 2.05) is 13.0 Å². The van der Waals surface area contributed by atoms with E-state index in [-0.39, 0.29) is 0 Å². The summed E-state index contributed by atoms with van der Waals surface area (Å²) in [6, 6.07) is 0. The zero-order chi connectivity index (χ0) is 8.91. The van der Waals surface area contributed by atoms with Crippen molar-refractivity contribution in [3.8, 4) is 0 Å². The van der Waals surface area contributed by atoms with Crippen LogP contribution in [0, 0.1) is 0 Å². The number of hydrogen-bond acceptors (Lipinski definition) is 0. The number of unbranched alkanes of at least 4 members (excludes halogenated alkanes) is 1. The van der Waals surface area contributed by atoms with Crippen LogP contribution in [-0.2, 0) is 0 Å². The zero-order valence-electron chi connectivity index (χ0n) is 6.83. The summed E-state index contributed by atoms with van der Waals surface area (Å²) < 4.78 is -1.20. The molecule has 0 rings (SSSR count). The Morgan fingerprint density at radius 1 is 1.36 bits per heavy atom. The van der Waals surface area contributed by atoms with Crippen LogP contribution >= 0.6 is 34.8 Å². The quantitative estimate of drug-likeness (QED) is 0.481. The topological polar surface area (TPSA) is 0 Å². The predicted octanol–water partition coefficient (Wildman–Crippen LogP) is 4.49. The van der Waals surface area contributed by atoms with Crippen molar-refractivity contribution in [1.29, 1.82) is 0 Å². The van der Waals surface area contributed by atoms with Gasteiger partial charge in [-0.1, -0.05) is 54.2 Å². The van der Waals surface area contributed by atoms with Gasteiger partial charge in [0.2, 0.25) is 3.79 Å². The predicted molar refractivity (Wildman–Crippen MR) is 53.6 cm³/mol. The second kappa shape index (κ2) is 5.29. The van der Waals surface area contributed by atoms with E-state index in [2.05, 4.69) is 6.92 Å². The van der Waals surface area contributed by atoms with Crippen LogP contribution in [0.25, 0.3) is 0 Å². The van der Waals surface area contributed by atoms with Crippen LogP contribution in [-0.4, -0.2) is 3.79 Å². The fourth-order valence-electron chi connectivity index (χ4n) is 0.817. The summed E-state index contributed by atoms with van der Waals surface area (Å²) in [5, 5.41) is 0. The Bertz CT molecular complexity index is 133. The minimum absolute atomic E-state index is 0.878. The Balaban J connectivity index is 3.99. The van der Waals surface area contributed by atoms with Crippen LogP contribution in [0.15, 0.2) is 11.6 Å². The molecule has 0 aliphatic carbocycles. The van der Waals surface area contributed by atoms with Gasteiger partial charge in [-0.2, -0.15) is 0 Å². The van der Waals surface area contributed by atoms with E-state index < -0.39 is 3.79 Å². The molecule has 0 aliphatic heterocycles. The highest BCUT2D eigenvalue weighted by atomic mass is 35.6. The molecule has 0 saturated heterocycles. The van der Waals surface area contributed by atoms with Crippen molar-refractivity contribution >= 4 is 34.8 Å². The molecule has 0 aliphatic rings. The van der Waals surface area contributed by atoms with E-state index >= 15 is 0 Å². The van der Waals surface area contributed by atoms with Gasteiger partial charge in [-0.25, -0.2) is 0 Å². The third-order valence-electron chi connectivity index (χ3n) is 1.51. The summed E-state index contributed by atoms with van der Waals surface area (Å²) in [5.41, 5.74) is 0.893. The Morgan fingerprint density at radius 3 is 2.18 bits per heavy atom. The number of allylic oxidation sites excluding steroid dienone is 2. The van der Waals surface area contributed by atoms with Gasteiger partial charge < -0.3 is 0 Å². The Morgan fingerprint density at radius 2 is 1.91 bits per heavy atom. The SMILES string of the molecule is C/C=C(/CCCC)C(Cl)(Cl)Cl. The van der Waals surface area contributed by atoms with E-state index in [1.54, 1.807) is 0 Å². The summed E-state index contributed by atoms with van der Waals surface area (Å²) in [5.74, 6) is 0. The van der Waals surface area contributed by atoms with E-state index in [0.29, 0.717) is 0 Å². The lowest BCUT2D eigenvalue weighted by Gasteiger charge is -2.14. The maximum atomic E-state index is 5.70. The molecule has 66 valence electrons. The standard InChI is InChI=1S/C8H13Cl3/c1-3-5-6-7(4-2)8(9,10)11/h4H,3,5-6H2,1-2H3/b7-4-. The van der Waals surface area contributed by atoms with E-state index in [4.69, 9.17) is 34.8 Å². The number of rotatable bonds is 3. The Kier molecular flexibility index (Phi) is 5.58. The van der Waals surface area contributed by atoms with Gasteiger partial charge in [-0.05, 0) is 25.3 Å². The van der Waals surface area contributed by atoms with Crippen LogP contribution in [0.1, 0.15) is 33.1 Å². The first-order chi connectivity index (χ1) is 5.02. The van der Waals surface area contributed by atoms with E-state index in [0.717, 1.165) is 24.8 Å². The minimum Gasteiger partial charge on any atom is -0.0842 e. The highest BCUT2D eigenvalue weighted by Gasteiger charge is 2.23. The van der Waals surface area contributed by atoms with Crippen LogP contribution in [0.4, 0.5) is 0 Å². The molecule has 0 aromatic rings. The molecule has 0 atom stereocenters. The van der Waals surface area contributed by atoms with Gasteiger partial charge in [0.1, 0.15) is 0 Å².